The van der Waals surface area contributed by atoms with Crippen LogP contribution in [-0.4, -0.2) is 36.6 Å². The Morgan fingerprint density at radius 1 is 0.789 bits per heavy atom. The predicted octanol–water partition coefficient (Wildman–Crippen LogP) is 4.07. The van der Waals surface area contributed by atoms with Gasteiger partial charge in [0.25, 0.3) is 5.56 Å². The third-order valence-corrected chi connectivity index (χ3v) is 5.99. The number of carbonyl (C=O) groups is 1. The van der Waals surface area contributed by atoms with Crippen molar-refractivity contribution in [2.24, 2.45) is 0 Å². The van der Waals surface area contributed by atoms with Crippen LogP contribution in [0.5, 0.6) is 5.88 Å². The van der Waals surface area contributed by atoms with Crippen molar-refractivity contribution in [3.05, 3.63) is 128 Å². The largest absolute Gasteiger partial charge is 0.514 e. The van der Waals surface area contributed by atoms with E-state index in [0.29, 0.717) is 5.69 Å². The van der Waals surface area contributed by atoms with E-state index in [1.165, 1.54) is 4.57 Å². The molecule has 9 heteroatoms. The monoisotopic (exact) mass is 516 g/mol. The van der Waals surface area contributed by atoms with Gasteiger partial charge in [-0.25, -0.2) is 14.2 Å². The van der Waals surface area contributed by atoms with Crippen molar-refractivity contribution in [3.63, 3.8) is 0 Å². The summed E-state index contributed by atoms with van der Waals surface area (Å²) in [7, 11) is 4.24. The van der Waals surface area contributed by atoms with Gasteiger partial charge in [0.1, 0.15) is 0 Å². The number of aromatic nitrogens is 2. The molecule has 0 saturated heterocycles. The van der Waals surface area contributed by atoms with Crippen molar-refractivity contribution in [2.45, 2.75) is 19.3 Å². The maximum Gasteiger partial charge on any atom is 0.514 e. The lowest BCUT2D eigenvalue weighted by atomic mass is 10.0. The van der Waals surface area contributed by atoms with Crippen molar-refractivity contribution in [1.29, 1.82) is 0 Å². The highest BCUT2D eigenvalue weighted by molar-refractivity contribution is 5.63. The van der Waals surface area contributed by atoms with E-state index in [1.807, 2.05) is 54.6 Å². The predicted molar refractivity (Wildman–Crippen MR) is 141 cm³/mol. The zero-order valence-corrected chi connectivity index (χ0v) is 21.3. The Morgan fingerprint density at radius 2 is 1.39 bits per heavy atom. The molecule has 0 amide bonds. The van der Waals surface area contributed by atoms with Crippen molar-refractivity contribution in [2.75, 3.05) is 21.3 Å². The molecule has 9 nitrogen and oxygen atoms in total. The highest BCUT2D eigenvalue weighted by Crippen LogP contribution is 2.23. The molecular weight excluding hydrogens is 488 g/mol. The summed E-state index contributed by atoms with van der Waals surface area (Å²) in [5, 5.41) is 0. The lowest BCUT2D eigenvalue weighted by Crippen LogP contribution is -2.42. The van der Waals surface area contributed by atoms with Gasteiger partial charge in [0.05, 0.1) is 24.9 Å². The van der Waals surface area contributed by atoms with E-state index in [-0.39, 0.29) is 24.4 Å². The average Bonchev–Trinajstić information content (AvgIpc) is 2.95. The molecule has 0 saturated carbocycles. The summed E-state index contributed by atoms with van der Waals surface area (Å²) >= 11 is 0. The lowest BCUT2D eigenvalue weighted by Gasteiger charge is -2.19. The molecule has 4 aromatic rings. The third-order valence-electron chi connectivity index (χ3n) is 5.99. The number of rotatable bonds is 9. The summed E-state index contributed by atoms with van der Waals surface area (Å²) in [6, 6.07) is 25.1. The van der Waals surface area contributed by atoms with Crippen LogP contribution in [0.4, 0.5) is 4.79 Å². The molecule has 0 atom stereocenters. The SMILES string of the molecule is COC(=O)Oc1c(Cc2ccc(C(OC)OC)cc2)c(=O)n(-c2ccccc2)c(=O)n1Cc1ccccc1. The number of hydrogen-bond acceptors (Lipinski definition) is 7. The Labute approximate surface area is 219 Å². The van der Waals surface area contributed by atoms with Crippen LogP contribution >= 0.6 is 0 Å². The van der Waals surface area contributed by atoms with Gasteiger partial charge >= 0.3 is 11.8 Å². The van der Waals surface area contributed by atoms with E-state index in [4.69, 9.17) is 18.9 Å². The fourth-order valence-corrected chi connectivity index (χ4v) is 4.15. The third kappa shape index (κ3) is 5.74. The first-order valence-electron chi connectivity index (χ1n) is 11.8. The second-order valence-electron chi connectivity index (χ2n) is 8.39. The van der Waals surface area contributed by atoms with Crippen LogP contribution in [0, 0.1) is 0 Å². The normalized spacial score (nSPS) is 10.9. The van der Waals surface area contributed by atoms with Crippen LogP contribution in [0.2, 0.25) is 0 Å². The van der Waals surface area contributed by atoms with Gasteiger partial charge in [0.15, 0.2) is 6.29 Å². The minimum absolute atomic E-state index is 0.0639. The van der Waals surface area contributed by atoms with Crippen LogP contribution in [0.3, 0.4) is 0 Å². The molecule has 4 rings (SSSR count). The molecule has 1 aromatic heterocycles. The van der Waals surface area contributed by atoms with Crippen molar-refractivity contribution in [3.8, 4) is 11.6 Å². The first kappa shape index (κ1) is 26.6. The first-order chi connectivity index (χ1) is 18.5. The minimum atomic E-state index is -1.04. The number of hydrogen-bond donors (Lipinski definition) is 0. The van der Waals surface area contributed by atoms with E-state index in [2.05, 4.69) is 0 Å². The van der Waals surface area contributed by atoms with Crippen molar-refractivity contribution in [1.82, 2.24) is 9.13 Å². The van der Waals surface area contributed by atoms with Gasteiger partial charge in [0.2, 0.25) is 5.88 Å². The second-order valence-corrected chi connectivity index (χ2v) is 8.39. The van der Waals surface area contributed by atoms with E-state index < -0.39 is 23.7 Å². The fraction of sp³-hybridized carbons (Fsp3) is 0.207. The Morgan fingerprint density at radius 3 is 1.97 bits per heavy atom. The van der Waals surface area contributed by atoms with Gasteiger partial charge in [0, 0.05) is 26.2 Å². The summed E-state index contributed by atoms with van der Waals surface area (Å²) < 4.78 is 23.1. The number of carbonyl (C=O) groups excluding carboxylic acids is 1. The molecule has 0 spiro atoms. The van der Waals surface area contributed by atoms with Gasteiger partial charge in [-0.3, -0.25) is 9.36 Å². The van der Waals surface area contributed by atoms with Crippen LogP contribution < -0.4 is 16.0 Å². The Kier molecular flexibility index (Phi) is 8.52. The lowest BCUT2D eigenvalue weighted by molar-refractivity contribution is -0.106. The maximum atomic E-state index is 13.8. The summed E-state index contributed by atoms with van der Waals surface area (Å²) in [4.78, 5) is 39.8. The van der Waals surface area contributed by atoms with Gasteiger partial charge in [-0.15, -0.1) is 0 Å². The van der Waals surface area contributed by atoms with Crippen LogP contribution in [-0.2, 0) is 27.2 Å². The smallest absolute Gasteiger partial charge is 0.437 e. The minimum Gasteiger partial charge on any atom is -0.437 e. The van der Waals surface area contributed by atoms with Gasteiger partial charge in [-0.05, 0) is 23.3 Å². The molecule has 3 aromatic carbocycles. The summed E-state index contributed by atoms with van der Waals surface area (Å²) in [5.41, 5.74) is 1.59. The van der Waals surface area contributed by atoms with E-state index >= 15 is 0 Å². The topological polar surface area (TPSA) is 98.0 Å². The standard InChI is InChI=1S/C29H28N2O7/c1-35-27(36-2)22-16-14-20(15-17-22)18-24-25(32)31(23-12-8-5-9-13-23)28(33)30(26(24)38-29(34)37-3)19-21-10-6-4-7-11-21/h4-17,27H,18-19H2,1-3H3. The molecule has 0 radical (unpaired) electrons. The summed E-state index contributed by atoms with van der Waals surface area (Å²) in [6.07, 6.45) is -1.49. The number of nitrogens with zero attached hydrogens (tertiary/aromatic N) is 2. The van der Waals surface area contributed by atoms with E-state index in [9.17, 15) is 14.4 Å². The highest BCUT2D eigenvalue weighted by atomic mass is 16.7. The zero-order valence-electron chi connectivity index (χ0n) is 21.3. The maximum absolute atomic E-state index is 13.8. The number of ether oxygens (including phenoxy) is 4. The Hall–Kier alpha value is -4.47. The van der Waals surface area contributed by atoms with Crippen LogP contribution in [0.1, 0.15) is 28.5 Å². The van der Waals surface area contributed by atoms with Crippen LogP contribution in [0.25, 0.3) is 5.69 Å². The van der Waals surface area contributed by atoms with E-state index in [1.54, 1.807) is 44.6 Å². The Balaban J connectivity index is 1.92. The van der Waals surface area contributed by atoms with Gasteiger partial charge < -0.3 is 18.9 Å². The molecule has 0 aliphatic rings. The molecule has 1 heterocycles. The number of benzene rings is 3. The molecule has 0 fully saturated rings. The van der Waals surface area contributed by atoms with Crippen LogP contribution in [0.15, 0.2) is 94.5 Å². The molecule has 0 aliphatic heterocycles. The molecule has 0 aliphatic carbocycles. The molecular formula is C29H28N2O7. The zero-order chi connectivity index (χ0) is 27.1. The molecule has 196 valence electrons. The quantitative estimate of drug-likeness (QED) is 0.244. The number of methoxy groups -OCH3 is 3. The summed E-state index contributed by atoms with van der Waals surface area (Å²) in [5.74, 6) is -0.168. The van der Waals surface area contributed by atoms with E-state index in [0.717, 1.165) is 28.4 Å². The first-order valence-corrected chi connectivity index (χ1v) is 11.8. The van der Waals surface area contributed by atoms with Crippen molar-refractivity contribution >= 4 is 6.16 Å². The second kappa shape index (κ2) is 12.2. The Bertz CT molecular complexity index is 1490. The molecule has 38 heavy (non-hydrogen) atoms. The average molecular weight is 517 g/mol. The fourth-order valence-electron chi connectivity index (χ4n) is 4.15. The highest BCUT2D eigenvalue weighted by Gasteiger charge is 2.24. The summed E-state index contributed by atoms with van der Waals surface area (Å²) in [6.45, 7) is 0.0639. The van der Waals surface area contributed by atoms with Gasteiger partial charge in [-0.1, -0.05) is 72.8 Å². The molecule has 0 unspecified atom stereocenters. The molecule has 0 bridgehead atoms. The molecule has 0 N–H and O–H groups in total. The number of para-hydroxylation sites is 1. The van der Waals surface area contributed by atoms with Gasteiger partial charge in [-0.2, -0.15) is 0 Å². The van der Waals surface area contributed by atoms with Crippen molar-refractivity contribution < 1.29 is 23.7 Å².